The molecule has 0 fully saturated rings. The summed E-state index contributed by atoms with van der Waals surface area (Å²) in [5.41, 5.74) is -0.600. The van der Waals surface area contributed by atoms with Gasteiger partial charge in [-0.05, 0) is 12.1 Å². The zero-order chi connectivity index (χ0) is 23.0. The molecule has 168 valence electrons. The molecule has 1 aromatic carbocycles. The van der Waals surface area contributed by atoms with Crippen molar-refractivity contribution < 1.29 is 32.0 Å². The van der Waals surface area contributed by atoms with Crippen molar-refractivity contribution in [1.29, 1.82) is 0 Å². The van der Waals surface area contributed by atoms with Gasteiger partial charge in [0.05, 0.1) is 36.1 Å². The number of nitro benzene ring substituents is 1. The minimum atomic E-state index is -4.62. The van der Waals surface area contributed by atoms with Gasteiger partial charge in [0, 0.05) is 24.6 Å². The molecule has 10 nitrogen and oxygen atoms in total. The number of rotatable bonds is 5. The van der Waals surface area contributed by atoms with Gasteiger partial charge in [0.2, 0.25) is 0 Å². The number of non-ortho nitro benzene ring substituents is 1. The van der Waals surface area contributed by atoms with Crippen molar-refractivity contribution in [1.82, 2.24) is 9.78 Å². The van der Waals surface area contributed by atoms with E-state index in [1.54, 1.807) is 12.1 Å². The molecule has 4 rings (SSSR count). The number of benzene rings is 1. The van der Waals surface area contributed by atoms with E-state index in [-0.39, 0.29) is 35.1 Å². The van der Waals surface area contributed by atoms with E-state index in [0.717, 1.165) is 12.1 Å². The van der Waals surface area contributed by atoms with Crippen LogP contribution in [0.2, 0.25) is 0 Å². The van der Waals surface area contributed by atoms with Crippen LogP contribution in [0.4, 0.5) is 30.4 Å². The maximum Gasteiger partial charge on any atom is 0.410 e. The lowest BCUT2D eigenvalue weighted by atomic mass is 10.0. The van der Waals surface area contributed by atoms with Gasteiger partial charge in [0.15, 0.2) is 11.7 Å². The number of carbonyl (C=O) groups is 1. The molecule has 3 heterocycles. The van der Waals surface area contributed by atoms with E-state index in [1.165, 1.54) is 25.5 Å². The molecular formula is C19H16F3N5O5. The van der Waals surface area contributed by atoms with E-state index >= 15 is 0 Å². The maximum atomic E-state index is 13.7. The molecule has 0 spiro atoms. The smallest absolute Gasteiger partial charge is 0.410 e. The van der Waals surface area contributed by atoms with Crippen molar-refractivity contribution in [2.24, 2.45) is 0 Å². The summed E-state index contributed by atoms with van der Waals surface area (Å²) in [6.07, 6.45) is -3.64. The molecule has 13 heteroatoms. The summed E-state index contributed by atoms with van der Waals surface area (Å²) in [6.45, 7) is 0. The molecule has 0 radical (unpaired) electrons. The zero-order valence-electron chi connectivity index (χ0n) is 16.4. The number of fused-ring (bicyclic) bond motifs is 1. The first kappa shape index (κ1) is 21.2. The van der Waals surface area contributed by atoms with Gasteiger partial charge in [-0.2, -0.15) is 18.3 Å². The first-order valence-electron chi connectivity index (χ1n) is 9.26. The highest BCUT2D eigenvalue weighted by atomic mass is 19.4. The lowest BCUT2D eigenvalue weighted by Crippen LogP contribution is -2.35. The fourth-order valence-corrected chi connectivity index (χ4v) is 3.43. The molecule has 1 aliphatic heterocycles. The Balaban J connectivity index is 1.63. The van der Waals surface area contributed by atoms with Crippen molar-refractivity contribution in [3.05, 3.63) is 64.2 Å². The molecule has 2 N–H and O–H groups in total. The third-order valence-electron chi connectivity index (χ3n) is 4.90. The molecule has 0 bridgehead atoms. The van der Waals surface area contributed by atoms with Gasteiger partial charge in [-0.15, -0.1) is 0 Å². The number of hydrogen-bond acceptors (Lipinski definition) is 7. The number of ether oxygens (including phenoxy) is 1. The van der Waals surface area contributed by atoms with Crippen molar-refractivity contribution in [3.8, 4) is 5.75 Å². The van der Waals surface area contributed by atoms with E-state index in [0.29, 0.717) is 10.4 Å². The number of furan rings is 1. The van der Waals surface area contributed by atoms with Gasteiger partial charge >= 0.3 is 6.18 Å². The Morgan fingerprint density at radius 2 is 2.16 bits per heavy atom. The number of halogens is 3. The molecule has 1 amide bonds. The second-order valence-corrected chi connectivity index (χ2v) is 7.00. The summed E-state index contributed by atoms with van der Waals surface area (Å²) in [4.78, 5) is 23.1. The van der Waals surface area contributed by atoms with Gasteiger partial charge in [0.1, 0.15) is 17.3 Å². The van der Waals surface area contributed by atoms with Crippen LogP contribution in [0.5, 0.6) is 5.75 Å². The lowest BCUT2D eigenvalue weighted by Gasteiger charge is -2.32. The Morgan fingerprint density at radius 3 is 2.78 bits per heavy atom. The standard InChI is InChI=1S/C19H16F3N5O5/c1-31-12-6-10(5-11(7-12)27(29)30)23-18(28)14-9-17-24-13(15-3-2-4-32-15)8-16(19(20,21)22)26(17)25-14/h2-7,9,13,16,24H,8H2,1H3,(H,23,28)/t13-,16+/m1/s1. The minimum Gasteiger partial charge on any atom is -0.496 e. The molecular weight excluding hydrogens is 435 g/mol. The number of amides is 1. The van der Waals surface area contributed by atoms with Crippen molar-refractivity contribution in [3.63, 3.8) is 0 Å². The molecule has 0 unspecified atom stereocenters. The van der Waals surface area contributed by atoms with Gasteiger partial charge in [-0.1, -0.05) is 0 Å². The Bertz CT molecular complexity index is 1160. The normalized spacial score (nSPS) is 17.9. The predicted molar refractivity (Wildman–Crippen MR) is 105 cm³/mol. The number of nitrogens with zero attached hydrogens (tertiary/aromatic N) is 3. The van der Waals surface area contributed by atoms with E-state index in [2.05, 4.69) is 15.7 Å². The number of hydrogen-bond donors (Lipinski definition) is 2. The first-order chi connectivity index (χ1) is 15.2. The van der Waals surface area contributed by atoms with Crippen LogP contribution in [0.15, 0.2) is 47.1 Å². The van der Waals surface area contributed by atoms with Crippen LogP contribution in [0, 0.1) is 10.1 Å². The monoisotopic (exact) mass is 451 g/mol. The average molecular weight is 451 g/mol. The van der Waals surface area contributed by atoms with Crippen molar-refractivity contribution in [2.75, 3.05) is 17.7 Å². The summed E-state index contributed by atoms with van der Waals surface area (Å²) in [7, 11) is 1.30. The fraction of sp³-hybridized carbons (Fsp3) is 0.263. The Labute approximate surface area is 178 Å². The molecule has 1 aliphatic rings. The molecule has 0 saturated heterocycles. The molecule has 0 saturated carbocycles. The van der Waals surface area contributed by atoms with E-state index < -0.39 is 29.1 Å². The molecule has 2 aromatic heterocycles. The number of nitrogens with one attached hydrogen (secondary N) is 2. The third-order valence-corrected chi connectivity index (χ3v) is 4.90. The van der Waals surface area contributed by atoms with Crippen LogP contribution in [-0.2, 0) is 0 Å². The highest BCUT2D eigenvalue weighted by molar-refractivity contribution is 6.03. The number of anilines is 2. The average Bonchev–Trinajstić information content (AvgIpc) is 3.41. The summed E-state index contributed by atoms with van der Waals surface area (Å²) < 4.78 is 52.0. The second kappa shape index (κ2) is 7.90. The van der Waals surface area contributed by atoms with Crippen LogP contribution in [0.1, 0.15) is 34.8 Å². The van der Waals surface area contributed by atoms with Gasteiger partial charge in [-0.3, -0.25) is 14.9 Å². The Morgan fingerprint density at radius 1 is 1.38 bits per heavy atom. The quantitative estimate of drug-likeness (QED) is 0.438. The highest BCUT2D eigenvalue weighted by Crippen LogP contribution is 2.43. The first-order valence-corrected chi connectivity index (χ1v) is 9.26. The highest BCUT2D eigenvalue weighted by Gasteiger charge is 2.47. The summed E-state index contributed by atoms with van der Waals surface area (Å²) >= 11 is 0. The molecule has 32 heavy (non-hydrogen) atoms. The number of carbonyl (C=O) groups excluding carboxylic acids is 1. The van der Waals surface area contributed by atoms with Crippen LogP contribution in [0.25, 0.3) is 0 Å². The number of aromatic nitrogens is 2. The van der Waals surface area contributed by atoms with Crippen LogP contribution in [0.3, 0.4) is 0 Å². The number of alkyl halides is 3. The summed E-state index contributed by atoms with van der Waals surface area (Å²) in [5, 5.41) is 20.2. The van der Waals surface area contributed by atoms with Gasteiger partial charge < -0.3 is 19.8 Å². The fourth-order valence-electron chi connectivity index (χ4n) is 3.43. The van der Waals surface area contributed by atoms with E-state index in [9.17, 15) is 28.1 Å². The Hall–Kier alpha value is -4.03. The second-order valence-electron chi connectivity index (χ2n) is 7.00. The zero-order valence-corrected chi connectivity index (χ0v) is 16.4. The van der Waals surface area contributed by atoms with E-state index in [1.807, 2.05) is 0 Å². The van der Waals surface area contributed by atoms with Crippen LogP contribution in [-0.4, -0.2) is 33.9 Å². The van der Waals surface area contributed by atoms with Gasteiger partial charge in [0.25, 0.3) is 11.6 Å². The lowest BCUT2D eigenvalue weighted by molar-refractivity contribution is -0.384. The largest absolute Gasteiger partial charge is 0.496 e. The topological polar surface area (TPSA) is 124 Å². The van der Waals surface area contributed by atoms with E-state index in [4.69, 9.17) is 9.15 Å². The molecule has 3 aromatic rings. The summed E-state index contributed by atoms with van der Waals surface area (Å²) in [6, 6.07) is 5.16. The maximum absolute atomic E-state index is 13.7. The van der Waals surface area contributed by atoms with Crippen molar-refractivity contribution >= 4 is 23.1 Å². The number of methoxy groups -OCH3 is 1. The van der Waals surface area contributed by atoms with Gasteiger partial charge in [-0.25, -0.2) is 4.68 Å². The molecule has 2 atom stereocenters. The summed E-state index contributed by atoms with van der Waals surface area (Å²) in [5.74, 6) is -0.409. The predicted octanol–water partition coefficient (Wildman–Crippen LogP) is 4.31. The molecule has 0 aliphatic carbocycles. The van der Waals surface area contributed by atoms with Crippen LogP contribution >= 0.6 is 0 Å². The van der Waals surface area contributed by atoms with Crippen molar-refractivity contribution in [2.45, 2.75) is 24.7 Å². The van der Waals surface area contributed by atoms with Crippen LogP contribution < -0.4 is 15.4 Å². The minimum absolute atomic E-state index is 0.0123. The Kier molecular flexibility index (Phi) is 5.24. The number of nitro groups is 1. The SMILES string of the molecule is COc1cc(NC(=O)c2cc3n(n2)[C@H](C(F)(F)F)C[C@H](c2ccco2)N3)cc([N+](=O)[O-])c1. The third kappa shape index (κ3) is 4.08.